The summed E-state index contributed by atoms with van der Waals surface area (Å²) in [4.78, 5) is 32.1. The summed E-state index contributed by atoms with van der Waals surface area (Å²) >= 11 is 0. The summed E-state index contributed by atoms with van der Waals surface area (Å²) in [6.07, 6.45) is 2.41. The van der Waals surface area contributed by atoms with Crippen LogP contribution >= 0.6 is 0 Å². The number of benzene rings is 2. The predicted molar refractivity (Wildman–Crippen MR) is 150 cm³/mol. The molecule has 0 unspecified atom stereocenters. The van der Waals surface area contributed by atoms with Gasteiger partial charge in [0.25, 0.3) is 11.4 Å². The van der Waals surface area contributed by atoms with Gasteiger partial charge in [-0.2, -0.15) is 9.98 Å². The van der Waals surface area contributed by atoms with Gasteiger partial charge in [-0.25, -0.2) is 0 Å². The number of nitro groups is 2. The summed E-state index contributed by atoms with van der Waals surface area (Å²) in [5.41, 5.74) is 4.10. The lowest BCUT2D eigenvalue weighted by Crippen LogP contribution is -2.04. The Hall–Kier alpha value is -3.38. The summed E-state index contributed by atoms with van der Waals surface area (Å²) in [6, 6.07) is 9.47. The second-order valence-corrected chi connectivity index (χ2v) is 11.4. The normalized spacial score (nSPS) is 11.4. The quantitative estimate of drug-likeness (QED) is 0.163. The molecule has 0 amide bonds. The van der Waals surface area contributed by atoms with Crippen LogP contribution in [0, 0.1) is 43.9 Å². The molecule has 0 aliphatic carbocycles. The van der Waals surface area contributed by atoms with Gasteiger partial charge < -0.3 is 0 Å². The van der Waals surface area contributed by atoms with Crippen LogP contribution in [-0.2, 0) is 25.7 Å². The van der Waals surface area contributed by atoms with Crippen molar-refractivity contribution in [2.24, 2.45) is 33.7 Å². The SMILES string of the molecule is CC(C)Cc1ccc([N+](=O)[O-])c(CC(C)C)c1N=C=Nc1c(CC(C)C)ccc([N+](=O)[O-])c1CC(C)C. The standard InChI is InChI=1S/C29H40N4O4/c1-18(2)13-22-9-11-26(32(34)35)24(15-20(5)6)28(22)30-17-31-29-23(14-19(3)4)10-12-27(33(36)37)25(29)16-21(7)8/h9-12,18-21H,13-16H2,1-8H3. The van der Waals surface area contributed by atoms with Gasteiger partial charge in [0.2, 0.25) is 0 Å². The van der Waals surface area contributed by atoms with Crippen molar-refractivity contribution in [2.45, 2.75) is 81.1 Å². The maximum absolute atomic E-state index is 11.8. The lowest BCUT2D eigenvalue weighted by Gasteiger charge is -2.15. The Morgan fingerprint density at radius 2 is 0.946 bits per heavy atom. The van der Waals surface area contributed by atoms with E-state index in [9.17, 15) is 20.2 Å². The van der Waals surface area contributed by atoms with Gasteiger partial charge in [-0.05, 0) is 72.6 Å². The van der Waals surface area contributed by atoms with Crippen LogP contribution in [0.15, 0.2) is 34.3 Å². The van der Waals surface area contributed by atoms with Crippen LogP contribution < -0.4 is 0 Å². The smallest absolute Gasteiger partial charge is 0.258 e. The summed E-state index contributed by atoms with van der Waals surface area (Å²) in [5.74, 6) is 1.02. The van der Waals surface area contributed by atoms with E-state index in [2.05, 4.69) is 43.7 Å². The number of aliphatic imine (C=N–C) groups is 2. The van der Waals surface area contributed by atoms with Crippen molar-refractivity contribution in [3.63, 3.8) is 0 Å². The minimum Gasteiger partial charge on any atom is -0.258 e. The molecule has 0 N–H and O–H groups in total. The molecule has 0 aliphatic heterocycles. The molecule has 0 heterocycles. The molecule has 0 saturated carbocycles. The van der Waals surface area contributed by atoms with E-state index in [1.165, 1.54) is 0 Å². The highest BCUT2D eigenvalue weighted by molar-refractivity contribution is 5.70. The number of hydrogen-bond acceptors (Lipinski definition) is 6. The van der Waals surface area contributed by atoms with Crippen molar-refractivity contribution in [1.29, 1.82) is 0 Å². The Bertz CT molecular complexity index is 1100. The van der Waals surface area contributed by atoms with Gasteiger partial charge in [0, 0.05) is 12.1 Å². The molecule has 0 bridgehead atoms. The molecule has 0 aliphatic rings. The van der Waals surface area contributed by atoms with Crippen LogP contribution in [0.5, 0.6) is 0 Å². The second kappa shape index (κ2) is 13.2. The van der Waals surface area contributed by atoms with Crippen molar-refractivity contribution in [3.05, 3.63) is 66.7 Å². The van der Waals surface area contributed by atoms with E-state index in [1.54, 1.807) is 24.3 Å². The molecule has 37 heavy (non-hydrogen) atoms. The molecular formula is C29H40N4O4. The van der Waals surface area contributed by atoms with Crippen LogP contribution in [0.4, 0.5) is 22.7 Å². The Kier molecular flexibility index (Phi) is 10.7. The molecule has 0 spiro atoms. The van der Waals surface area contributed by atoms with Crippen molar-refractivity contribution in [2.75, 3.05) is 0 Å². The van der Waals surface area contributed by atoms with Crippen LogP contribution in [0.25, 0.3) is 0 Å². The second-order valence-electron chi connectivity index (χ2n) is 11.4. The first-order chi connectivity index (χ1) is 17.3. The summed E-state index contributed by atoms with van der Waals surface area (Å²) in [7, 11) is 0. The first-order valence-electron chi connectivity index (χ1n) is 13.1. The Morgan fingerprint density at radius 3 is 1.22 bits per heavy atom. The zero-order valence-electron chi connectivity index (χ0n) is 23.4. The minimum atomic E-state index is -0.366. The molecule has 2 aromatic carbocycles. The van der Waals surface area contributed by atoms with Crippen molar-refractivity contribution in [3.8, 4) is 0 Å². The van der Waals surface area contributed by atoms with Crippen molar-refractivity contribution < 1.29 is 9.85 Å². The predicted octanol–water partition coefficient (Wildman–Crippen LogP) is 8.43. The van der Waals surface area contributed by atoms with E-state index in [4.69, 9.17) is 0 Å². The number of nitro benzene ring substituents is 2. The van der Waals surface area contributed by atoms with E-state index >= 15 is 0 Å². The average Bonchev–Trinajstić information content (AvgIpc) is 2.75. The van der Waals surface area contributed by atoms with Crippen molar-refractivity contribution >= 4 is 28.8 Å². The van der Waals surface area contributed by atoms with Crippen LogP contribution in [0.2, 0.25) is 0 Å². The Labute approximate surface area is 220 Å². The topological polar surface area (TPSA) is 111 Å². The first-order valence-corrected chi connectivity index (χ1v) is 13.1. The molecular weight excluding hydrogens is 468 g/mol. The molecule has 2 aromatic rings. The fourth-order valence-electron chi connectivity index (χ4n) is 4.52. The van der Waals surface area contributed by atoms with Gasteiger partial charge in [0.05, 0.1) is 32.3 Å². The van der Waals surface area contributed by atoms with Gasteiger partial charge in [0.15, 0.2) is 0 Å². The largest absolute Gasteiger partial charge is 0.274 e. The first kappa shape index (κ1) is 29.8. The summed E-state index contributed by atoms with van der Waals surface area (Å²) in [5, 5.41) is 23.7. The zero-order valence-corrected chi connectivity index (χ0v) is 23.4. The molecule has 0 aromatic heterocycles. The van der Waals surface area contributed by atoms with Crippen molar-refractivity contribution in [1.82, 2.24) is 0 Å². The van der Waals surface area contributed by atoms with Gasteiger partial charge in [-0.3, -0.25) is 20.2 Å². The van der Waals surface area contributed by atoms with Gasteiger partial charge in [-0.15, -0.1) is 0 Å². The van der Waals surface area contributed by atoms with E-state index in [-0.39, 0.29) is 33.1 Å². The molecule has 0 atom stereocenters. The highest BCUT2D eigenvalue weighted by Gasteiger charge is 2.23. The number of hydrogen-bond donors (Lipinski definition) is 0. The average molecular weight is 509 g/mol. The number of nitrogens with zero attached hydrogens (tertiary/aromatic N) is 4. The van der Waals surface area contributed by atoms with Gasteiger partial charge >= 0.3 is 0 Å². The van der Waals surface area contributed by atoms with E-state index in [0.717, 1.165) is 11.1 Å². The summed E-state index contributed by atoms with van der Waals surface area (Å²) < 4.78 is 0. The monoisotopic (exact) mass is 508 g/mol. The third-order valence-electron chi connectivity index (χ3n) is 5.88. The number of rotatable bonds is 12. The summed E-state index contributed by atoms with van der Waals surface area (Å²) in [6.45, 7) is 16.4. The third kappa shape index (κ3) is 8.32. The lowest BCUT2D eigenvalue weighted by atomic mass is 9.93. The molecule has 0 radical (unpaired) electrons. The van der Waals surface area contributed by atoms with E-state index in [0.29, 0.717) is 60.0 Å². The van der Waals surface area contributed by atoms with Gasteiger partial charge in [-0.1, -0.05) is 55.4 Å². The molecule has 0 fully saturated rings. The molecule has 200 valence electrons. The molecule has 8 nitrogen and oxygen atoms in total. The maximum Gasteiger partial charge on any atom is 0.274 e. The minimum absolute atomic E-state index is 0.0399. The lowest BCUT2D eigenvalue weighted by molar-refractivity contribution is -0.385. The fraction of sp³-hybridized carbons (Fsp3) is 0.552. The van der Waals surface area contributed by atoms with E-state index in [1.807, 2.05) is 27.7 Å². The van der Waals surface area contributed by atoms with Crippen LogP contribution in [0.3, 0.4) is 0 Å². The Balaban J connectivity index is 2.84. The molecule has 2 rings (SSSR count). The van der Waals surface area contributed by atoms with Crippen LogP contribution in [-0.4, -0.2) is 15.9 Å². The fourth-order valence-corrected chi connectivity index (χ4v) is 4.52. The maximum atomic E-state index is 11.8. The molecule has 0 saturated heterocycles. The Morgan fingerprint density at radius 1 is 0.622 bits per heavy atom. The third-order valence-corrected chi connectivity index (χ3v) is 5.88. The molecule has 8 heteroatoms. The highest BCUT2D eigenvalue weighted by Crippen LogP contribution is 2.37. The van der Waals surface area contributed by atoms with E-state index < -0.39 is 0 Å². The zero-order chi connectivity index (χ0) is 27.9. The highest BCUT2D eigenvalue weighted by atomic mass is 16.6. The van der Waals surface area contributed by atoms with Gasteiger partial charge in [0.1, 0.15) is 6.01 Å². The van der Waals surface area contributed by atoms with Crippen LogP contribution in [0.1, 0.15) is 77.6 Å².